The monoisotopic (exact) mass is 289 g/mol. The Hall–Kier alpha value is -0.980. The van der Waals surface area contributed by atoms with Gasteiger partial charge in [-0.1, -0.05) is 83.8 Å². The average Bonchev–Trinajstić information content (AvgIpc) is 2.53. The van der Waals surface area contributed by atoms with Crippen molar-refractivity contribution in [2.75, 3.05) is 11.9 Å². The van der Waals surface area contributed by atoms with Gasteiger partial charge in [0.25, 0.3) is 0 Å². The van der Waals surface area contributed by atoms with E-state index >= 15 is 0 Å². The molecular formula is C20H35N. The summed E-state index contributed by atoms with van der Waals surface area (Å²) >= 11 is 0. The molecule has 0 saturated carbocycles. The van der Waals surface area contributed by atoms with Gasteiger partial charge in [-0.05, 0) is 30.5 Å². The van der Waals surface area contributed by atoms with Gasteiger partial charge < -0.3 is 5.32 Å². The van der Waals surface area contributed by atoms with E-state index in [-0.39, 0.29) is 0 Å². The van der Waals surface area contributed by atoms with Gasteiger partial charge in [0.05, 0.1) is 0 Å². The van der Waals surface area contributed by atoms with Crippen molar-refractivity contribution >= 4 is 5.69 Å². The first kappa shape index (κ1) is 18.1. The Morgan fingerprint density at radius 3 is 1.71 bits per heavy atom. The zero-order chi connectivity index (χ0) is 15.2. The van der Waals surface area contributed by atoms with Gasteiger partial charge in [-0.2, -0.15) is 0 Å². The summed E-state index contributed by atoms with van der Waals surface area (Å²) in [5.41, 5.74) is 2.68. The lowest BCUT2D eigenvalue weighted by Crippen LogP contribution is -2.01. The summed E-state index contributed by atoms with van der Waals surface area (Å²) < 4.78 is 0. The fourth-order valence-electron chi connectivity index (χ4n) is 2.70. The Labute approximate surface area is 132 Å². The van der Waals surface area contributed by atoms with E-state index in [1.54, 1.807) is 0 Å². The second kappa shape index (κ2) is 12.7. The van der Waals surface area contributed by atoms with Crippen molar-refractivity contribution in [3.63, 3.8) is 0 Å². The Morgan fingerprint density at radius 1 is 0.667 bits per heavy atom. The highest BCUT2D eigenvalue weighted by Gasteiger charge is 1.94. The number of hydrogen-bond acceptors (Lipinski definition) is 1. The maximum absolute atomic E-state index is 3.52. The summed E-state index contributed by atoms with van der Waals surface area (Å²) in [7, 11) is 0. The van der Waals surface area contributed by atoms with Crippen LogP contribution < -0.4 is 5.32 Å². The van der Waals surface area contributed by atoms with Crippen molar-refractivity contribution < 1.29 is 0 Å². The van der Waals surface area contributed by atoms with E-state index in [9.17, 15) is 0 Å². The first-order valence-electron chi connectivity index (χ1n) is 9.19. The molecule has 0 atom stereocenters. The topological polar surface area (TPSA) is 12.0 Å². The lowest BCUT2D eigenvalue weighted by Gasteiger charge is -2.07. The molecule has 0 aliphatic carbocycles. The van der Waals surface area contributed by atoms with Crippen LogP contribution in [0.4, 0.5) is 5.69 Å². The molecule has 1 heteroatoms. The number of rotatable bonds is 13. The second-order valence-corrected chi connectivity index (χ2v) is 6.16. The average molecular weight is 290 g/mol. The first-order chi connectivity index (χ1) is 10.4. The third kappa shape index (κ3) is 9.55. The summed E-state index contributed by atoms with van der Waals surface area (Å²) in [6.45, 7) is 5.60. The Bertz CT molecular complexity index is 328. The highest BCUT2D eigenvalue weighted by molar-refractivity contribution is 5.44. The fraction of sp³-hybridized carbons (Fsp3) is 0.700. The molecule has 1 N–H and O–H groups in total. The number of hydrogen-bond donors (Lipinski definition) is 1. The van der Waals surface area contributed by atoms with Gasteiger partial charge in [0.1, 0.15) is 0 Å². The quantitative estimate of drug-likeness (QED) is 0.404. The van der Waals surface area contributed by atoms with Crippen molar-refractivity contribution in [2.24, 2.45) is 0 Å². The van der Waals surface area contributed by atoms with Crippen molar-refractivity contribution in [1.29, 1.82) is 0 Å². The number of benzene rings is 1. The van der Waals surface area contributed by atoms with E-state index in [0.29, 0.717) is 0 Å². The zero-order valence-corrected chi connectivity index (χ0v) is 14.3. The number of anilines is 1. The van der Waals surface area contributed by atoms with E-state index in [2.05, 4.69) is 43.4 Å². The molecule has 1 nitrogen and oxygen atoms in total. The van der Waals surface area contributed by atoms with Gasteiger partial charge in [-0.25, -0.2) is 0 Å². The summed E-state index contributed by atoms with van der Waals surface area (Å²) in [6, 6.07) is 8.85. The lowest BCUT2D eigenvalue weighted by molar-refractivity contribution is 0.560. The molecule has 0 aliphatic heterocycles. The lowest BCUT2D eigenvalue weighted by atomic mass is 10.1. The van der Waals surface area contributed by atoms with Gasteiger partial charge in [0, 0.05) is 12.2 Å². The molecular weight excluding hydrogens is 254 g/mol. The molecule has 0 aliphatic rings. The molecule has 0 radical (unpaired) electrons. The van der Waals surface area contributed by atoms with Crippen LogP contribution >= 0.6 is 0 Å². The third-order valence-electron chi connectivity index (χ3n) is 4.22. The Kier molecular flexibility index (Phi) is 11.0. The second-order valence-electron chi connectivity index (χ2n) is 6.16. The van der Waals surface area contributed by atoms with Crippen molar-refractivity contribution in [3.05, 3.63) is 29.8 Å². The predicted molar refractivity (Wildman–Crippen MR) is 96.2 cm³/mol. The van der Waals surface area contributed by atoms with Crippen LogP contribution in [-0.4, -0.2) is 6.54 Å². The molecule has 0 aromatic heterocycles. The molecule has 1 aromatic carbocycles. The van der Waals surface area contributed by atoms with Crippen LogP contribution in [-0.2, 0) is 6.42 Å². The molecule has 1 rings (SSSR count). The fourth-order valence-corrected chi connectivity index (χ4v) is 2.70. The SMILES string of the molecule is CCCCCCCCCCCCNc1ccc(CC)cc1. The van der Waals surface area contributed by atoms with E-state index in [0.717, 1.165) is 13.0 Å². The van der Waals surface area contributed by atoms with E-state index in [1.165, 1.54) is 75.5 Å². The van der Waals surface area contributed by atoms with E-state index < -0.39 is 0 Å². The smallest absolute Gasteiger partial charge is 0.0340 e. The number of aryl methyl sites for hydroxylation is 1. The normalized spacial score (nSPS) is 10.8. The van der Waals surface area contributed by atoms with Crippen LogP contribution in [0.1, 0.15) is 83.6 Å². The van der Waals surface area contributed by atoms with Gasteiger partial charge in [-0.3, -0.25) is 0 Å². The standard InChI is InChI=1S/C20H35N/c1-3-5-6-7-8-9-10-11-12-13-18-21-20-16-14-19(4-2)15-17-20/h14-17,21H,3-13,18H2,1-2H3. The molecule has 0 fully saturated rings. The van der Waals surface area contributed by atoms with Crippen LogP contribution in [0.25, 0.3) is 0 Å². The van der Waals surface area contributed by atoms with Gasteiger partial charge in [0.15, 0.2) is 0 Å². The minimum absolute atomic E-state index is 1.11. The van der Waals surface area contributed by atoms with Gasteiger partial charge in [-0.15, -0.1) is 0 Å². The molecule has 120 valence electrons. The van der Waals surface area contributed by atoms with Crippen LogP contribution in [0.3, 0.4) is 0 Å². The van der Waals surface area contributed by atoms with Crippen LogP contribution in [0.15, 0.2) is 24.3 Å². The summed E-state index contributed by atoms with van der Waals surface area (Å²) in [4.78, 5) is 0. The number of unbranched alkanes of at least 4 members (excludes halogenated alkanes) is 9. The number of nitrogens with one attached hydrogen (secondary N) is 1. The molecule has 1 aromatic rings. The van der Waals surface area contributed by atoms with Crippen molar-refractivity contribution in [1.82, 2.24) is 0 Å². The van der Waals surface area contributed by atoms with Gasteiger partial charge >= 0.3 is 0 Å². The minimum atomic E-state index is 1.11. The van der Waals surface area contributed by atoms with Crippen LogP contribution in [0, 0.1) is 0 Å². The minimum Gasteiger partial charge on any atom is -0.385 e. The van der Waals surface area contributed by atoms with Crippen LogP contribution in [0.2, 0.25) is 0 Å². The van der Waals surface area contributed by atoms with E-state index in [1.807, 2.05) is 0 Å². The molecule has 0 saturated heterocycles. The van der Waals surface area contributed by atoms with Crippen molar-refractivity contribution in [2.45, 2.75) is 84.5 Å². The third-order valence-corrected chi connectivity index (χ3v) is 4.22. The summed E-state index contributed by atoms with van der Waals surface area (Å²) in [5.74, 6) is 0. The molecule has 0 amide bonds. The molecule has 0 unspecified atom stereocenters. The highest BCUT2D eigenvalue weighted by Crippen LogP contribution is 2.12. The predicted octanol–water partition coefficient (Wildman–Crippen LogP) is 6.58. The van der Waals surface area contributed by atoms with Crippen LogP contribution in [0.5, 0.6) is 0 Å². The zero-order valence-electron chi connectivity index (χ0n) is 14.3. The maximum atomic E-state index is 3.52. The maximum Gasteiger partial charge on any atom is 0.0340 e. The molecule has 0 heterocycles. The Balaban J connectivity index is 1.88. The molecule has 21 heavy (non-hydrogen) atoms. The summed E-state index contributed by atoms with van der Waals surface area (Å²) in [6.07, 6.45) is 15.2. The largest absolute Gasteiger partial charge is 0.385 e. The van der Waals surface area contributed by atoms with Gasteiger partial charge in [0.2, 0.25) is 0 Å². The molecule has 0 bridgehead atoms. The Morgan fingerprint density at radius 2 is 1.19 bits per heavy atom. The van der Waals surface area contributed by atoms with E-state index in [4.69, 9.17) is 0 Å². The molecule has 0 spiro atoms. The first-order valence-corrected chi connectivity index (χ1v) is 9.19. The highest BCUT2D eigenvalue weighted by atomic mass is 14.9. The van der Waals surface area contributed by atoms with Crippen molar-refractivity contribution in [3.8, 4) is 0 Å². The summed E-state index contributed by atoms with van der Waals surface area (Å²) in [5, 5.41) is 3.52.